The van der Waals surface area contributed by atoms with Crippen LogP contribution in [0.5, 0.6) is 5.75 Å². The highest BCUT2D eigenvalue weighted by atomic mass is 79.9. The molecule has 0 aliphatic heterocycles. The molecule has 2 rings (SSSR count). The molecule has 0 aromatic heterocycles. The number of hydrogen-bond donors (Lipinski definition) is 0. The van der Waals surface area contributed by atoms with Crippen molar-refractivity contribution in [3.63, 3.8) is 0 Å². The molecule has 4 heteroatoms. The van der Waals surface area contributed by atoms with Crippen LogP contribution in [0.25, 0.3) is 0 Å². The first-order chi connectivity index (χ1) is 9.11. The number of nitrogens with zero attached hydrogens (tertiary/aromatic N) is 1. The second kappa shape index (κ2) is 5.85. The molecule has 0 unspecified atom stereocenters. The highest BCUT2D eigenvalue weighted by molar-refractivity contribution is 9.10. The van der Waals surface area contributed by atoms with Crippen molar-refractivity contribution in [3.05, 3.63) is 63.4 Å². The summed E-state index contributed by atoms with van der Waals surface area (Å²) in [5.41, 5.74) is 1.38. The number of halogens is 2. The molecule has 0 atom stereocenters. The van der Waals surface area contributed by atoms with E-state index in [-0.39, 0.29) is 12.2 Å². The Morgan fingerprint density at radius 1 is 1.32 bits per heavy atom. The maximum Gasteiger partial charge on any atom is 0.147 e. The topological polar surface area (TPSA) is 33.0 Å². The third kappa shape index (κ3) is 3.12. The number of aryl methyl sites for hydroxylation is 1. The lowest BCUT2D eigenvalue weighted by molar-refractivity contribution is 0.297. The van der Waals surface area contributed by atoms with E-state index >= 15 is 0 Å². The normalized spacial score (nSPS) is 10.0. The average molecular weight is 320 g/mol. The van der Waals surface area contributed by atoms with Gasteiger partial charge in [0.1, 0.15) is 24.2 Å². The summed E-state index contributed by atoms with van der Waals surface area (Å²) in [6.45, 7) is 2.02. The molecule has 0 heterocycles. The zero-order valence-corrected chi connectivity index (χ0v) is 11.9. The van der Waals surface area contributed by atoms with Crippen LogP contribution >= 0.6 is 15.9 Å². The molecule has 0 saturated heterocycles. The van der Waals surface area contributed by atoms with Gasteiger partial charge in [0.25, 0.3) is 0 Å². The SMILES string of the molecule is Cc1ccc(Br)cc1OCc1cccc(C#N)c1F. The van der Waals surface area contributed by atoms with E-state index in [9.17, 15) is 4.39 Å². The van der Waals surface area contributed by atoms with E-state index in [0.29, 0.717) is 11.3 Å². The number of nitriles is 1. The Morgan fingerprint density at radius 3 is 2.84 bits per heavy atom. The van der Waals surface area contributed by atoms with Gasteiger partial charge in [-0.2, -0.15) is 5.26 Å². The van der Waals surface area contributed by atoms with Crippen molar-refractivity contribution in [2.45, 2.75) is 13.5 Å². The quantitative estimate of drug-likeness (QED) is 0.842. The molecule has 0 spiro atoms. The maximum atomic E-state index is 13.8. The van der Waals surface area contributed by atoms with Gasteiger partial charge in [0, 0.05) is 10.0 Å². The molecular formula is C15H11BrFNO. The van der Waals surface area contributed by atoms with Crippen molar-refractivity contribution >= 4 is 15.9 Å². The van der Waals surface area contributed by atoms with E-state index < -0.39 is 5.82 Å². The predicted molar refractivity (Wildman–Crippen MR) is 74.3 cm³/mol. The van der Waals surface area contributed by atoms with Gasteiger partial charge in [-0.3, -0.25) is 0 Å². The minimum Gasteiger partial charge on any atom is -0.488 e. The molecule has 19 heavy (non-hydrogen) atoms. The van der Waals surface area contributed by atoms with E-state index in [0.717, 1.165) is 10.0 Å². The first-order valence-electron chi connectivity index (χ1n) is 5.68. The predicted octanol–water partition coefficient (Wildman–Crippen LogP) is 4.35. The van der Waals surface area contributed by atoms with Crippen LogP contribution in [0.1, 0.15) is 16.7 Å². The van der Waals surface area contributed by atoms with Gasteiger partial charge in [0.05, 0.1) is 5.56 Å². The van der Waals surface area contributed by atoms with Gasteiger partial charge in [-0.25, -0.2) is 4.39 Å². The van der Waals surface area contributed by atoms with Crippen LogP contribution in [-0.4, -0.2) is 0 Å². The summed E-state index contributed by atoms with van der Waals surface area (Å²) in [6, 6.07) is 12.2. The Morgan fingerprint density at radius 2 is 2.11 bits per heavy atom. The summed E-state index contributed by atoms with van der Waals surface area (Å²) in [6.07, 6.45) is 0. The molecule has 96 valence electrons. The third-order valence-corrected chi connectivity index (χ3v) is 3.23. The average Bonchev–Trinajstić information content (AvgIpc) is 2.41. The monoisotopic (exact) mass is 319 g/mol. The van der Waals surface area contributed by atoms with E-state index in [1.54, 1.807) is 12.1 Å². The van der Waals surface area contributed by atoms with Gasteiger partial charge in [-0.1, -0.05) is 34.1 Å². The zero-order valence-electron chi connectivity index (χ0n) is 10.3. The fraction of sp³-hybridized carbons (Fsp3) is 0.133. The largest absolute Gasteiger partial charge is 0.488 e. The van der Waals surface area contributed by atoms with Gasteiger partial charge in [-0.05, 0) is 30.7 Å². The molecule has 2 aromatic carbocycles. The van der Waals surface area contributed by atoms with Crippen LogP contribution in [-0.2, 0) is 6.61 Å². The molecule has 0 aliphatic rings. The van der Waals surface area contributed by atoms with Gasteiger partial charge < -0.3 is 4.74 Å². The van der Waals surface area contributed by atoms with Crippen molar-refractivity contribution < 1.29 is 9.13 Å². The highest BCUT2D eigenvalue weighted by Gasteiger charge is 2.09. The molecule has 0 bridgehead atoms. The molecule has 0 aliphatic carbocycles. The molecule has 0 radical (unpaired) electrons. The van der Waals surface area contributed by atoms with Crippen LogP contribution in [0.4, 0.5) is 4.39 Å². The lowest BCUT2D eigenvalue weighted by atomic mass is 10.1. The Kier molecular flexibility index (Phi) is 4.18. The number of benzene rings is 2. The van der Waals surface area contributed by atoms with Crippen LogP contribution in [0, 0.1) is 24.1 Å². The summed E-state index contributed by atoms with van der Waals surface area (Å²) in [5, 5.41) is 8.77. The van der Waals surface area contributed by atoms with Gasteiger partial charge >= 0.3 is 0 Å². The van der Waals surface area contributed by atoms with Crippen molar-refractivity contribution in [3.8, 4) is 11.8 Å². The minimum atomic E-state index is -0.516. The molecule has 0 amide bonds. The molecule has 2 aromatic rings. The van der Waals surface area contributed by atoms with Crippen LogP contribution < -0.4 is 4.74 Å². The summed E-state index contributed by atoms with van der Waals surface area (Å²) in [5.74, 6) is 0.175. The number of hydrogen-bond acceptors (Lipinski definition) is 2. The highest BCUT2D eigenvalue weighted by Crippen LogP contribution is 2.24. The Labute approximate surface area is 119 Å². The molecule has 0 saturated carbocycles. The lowest BCUT2D eigenvalue weighted by Crippen LogP contribution is -2.01. The minimum absolute atomic E-state index is 0.0343. The fourth-order valence-corrected chi connectivity index (χ4v) is 2.00. The standard InChI is InChI=1S/C15H11BrFNO/c1-10-5-6-13(16)7-14(10)19-9-12-4-2-3-11(8-18)15(12)17/h2-7H,9H2,1H3. The smallest absolute Gasteiger partial charge is 0.147 e. The third-order valence-electron chi connectivity index (χ3n) is 2.73. The summed E-state index contributed by atoms with van der Waals surface area (Å²) in [4.78, 5) is 0. The van der Waals surface area contributed by atoms with Gasteiger partial charge in [0.2, 0.25) is 0 Å². The summed E-state index contributed by atoms with van der Waals surface area (Å²) >= 11 is 3.36. The Bertz CT molecular complexity index is 649. The summed E-state index contributed by atoms with van der Waals surface area (Å²) < 4.78 is 20.4. The van der Waals surface area contributed by atoms with Crippen molar-refractivity contribution in [1.29, 1.82) is 5.26 Å². The number of ether oxygens (including phenoxy) is 1. The maximum absolute atomic E-state index is 13.8. The van der Waals surface area contributed by atoms with Crippen LogP contribution in [0.15, 0.2) is 40.9 Å². The Balaban J connectivity index is 2.20. The Hall–Kier alpha value is -1.86. The van der Waals surface area contributed by atoms with Crippen LogP contribution in [0.2, 0.25) is 0 Å². The second-order valence-corrected chi connectivity index (χ2v) is 5.00. The zero-order chi connectivity index (χ0) is 13.8. The van der Waals surface area contributed by atoms with Crippen LogP contribution in [0.3, 0.4) is 0 Å². The first kappa shape index (κ1) is 13.6. The van der Waals surface area contributed by atoms with E-state index in [4.69, 9.17) is 10.00 Å². The second-order valence-electron chi connectivity index (χ2n) is 4.09. The first-order valence-corrected chi connectivity index (χ1v) is 6.47. The van der Waals surface area contributed by atoms with E-state index in [1.165, 1.54) is 6.07 Å². The molecule has 0 N–H and O–H groups in total. The van der Waals surface area contributed by atoms with Crippen molar-refractivity contribution in [1.82, 2.24) is 0 Å². The van der Waals surface area contributed by atoms with E-state index in [2.05, 4.69) is 15.9 Å². The van der Waals surface area contributed by atoms with Gasteiger partial charge in [-0.15, -0.1) is 0 Å². The van der Waals surface area contributed by atoms with Crippen molar-refractivity contribution in [2.75, 3.05) is 0 Å². The molecule has 0 fully saturated rings. The lowest BCUT2D eigenvalue weighted by Gasteiger charge is -2.10. The van der Waals surface area contributed by atoms with E-state index in [1.807, 2.05) is 31.2 Å². The summed E-state index contributed by atoms with van der Waals surface area (Å²) in [7, 11) is 0. The van der Waals surface area contributed by atoms with Crippen molar-refractivity contribution in [2.24, 2.45) is 0 Å². The molecule has 2 nitrogen and oxygen atoms in total. The fourth-order valence-electron chi connectivity index (χ4n) is 1.66. The molecular weight excluding hydrogens is 309 g/mol. The number of rotatable bonds is 3. The van der Waals surface area contributed by atoms with Gasteiger partial charge in [0.15, 0.2) is 0 Å².